The van der Waals surface area contributed by atoms with Crippen LogP contribution in [0.15, 0.2) is 12.1 Å². The Morgan fingerprint density at radius 2 is 2.10 bits per heavy atom. The Morgan fingerprint density at radius 3 is 2.70 bits per heavy atom. The van der Waals surface area contributed by atoms with Crippen LogP contribution in [0.3, 0.4) is 0 Å². The van der Waals surface area contributed by atoms with Gasteiger partial charge in [-0.1, -0.05) is 18.5 Å². The predicted octanol–water partition coefficient (Wildman–Crippen LogP) is 3.83. The van der Waals surface area contributed by atoms with Crippen LogP contribution in [-0.2, 0) is 6.42 Å². The molecule has 7 heteroatoms. The summed E-state index contributed by atoms with van der Waals surface area (Å²) in [5.74, 6) is -3.97. The lowest BCUT2D eigenvalue weighted by atomic mass is 9.97. The molecule has 1 aromatic carbocycles. The Bertz CT molecular complexity index is 496. The van der Waals surface area contributed by atoms with E-state index in [1.54, 1.807) is 13.0 Å². The summed E-state index contributed by atoms with van der Waals surface area (Å²) >= 11 is 5.89. The van der Waals surface area contributed by atoms with E-state index in [4.69, 9.17) is 16.3 Å². The van der Waals surface area contributed by atoms with Gasteiger partial charge in [0.1, 0.15) is 11.8 Å². The molecule has 2 rings (SSSR count). The largest absolute Gasteiger partial charge is 0.493 e. The minimum absolute atomic E-state index is 0.0165. The molecule has 0 saturated carbocycles. The van der Waals surface area contributed by atoms with Gasteiger partial charge in [0.05, 0.1) is 6.61 Å². The molecule has 0 aromatic heterocycles. The molecule has 0 fully saturated rings. The van der Waals surface area contributed by atoms with E-state index in [0.29, 0.717) is 18.6 Å². The number of fused-ring (bicyclic) bond motifs is 1. The van der Waals surface area contributed by atoms with Crippen LogP contribution >= 0.6 is 11.6 Å². The maximum absolute atomic E-state index is 13.8. The highest BCUT2D eigenvalue weighted by Gasteiger charge is 2.50. The Morgan fingerprint density at radius 1 is 1.40 bits per heavy atom. The second-order valence-electron chi connectivity index (χ2n) is 4.55. The quantitative estimate of drug-likeness (QED) is 0.835. The van der Waals surface area contributed by atoms with Crippen molar-refractivity contribution in [3.63, 3.8) is 0 Å². The van der Waals surface area contributed by atoms with Crippen LogP contribution in [0.5, 0.6) is 5.75 Å². The zero-order valence-electron chi connectivity index (χ0n) is 10.7. The summed E-state index contributed by atoms with van der Waals surface area (Å²) in [6.07, 6.45) is -3.25. The number of hydrogen-bond donors (Lipinski definition) is 1. The minimum atomic E-state index is -4.21. The van der Waals surface area contributed by atoms with E-state index in [2.05, 4.69) is 5.32 Å². The van der Waals surface area contributed by atoms with Crippen molar-refractivity contribution in [2.75, 3.05) is 13.2 Å². The first-order valence-electron chi connectivity index (χ1n) is 6.22. The van der Waals surface area contributed by atoms with Crippen LogP contribution in [0, 0.1) is 0 Å². The van der Waals surface area contributed by atoms with Crippen LogP contribution in [-0.4, -0.2) is 25.5 Å². The Labute approximate surface area is 119 Å². The number of ether oxygens (including phenoxy) is 1. The highest BCUT2D eigenvalue weighted by Crippen LogP contribution is 2.44. The molecule has 0 saturated heterocycles. The molecular weight excluding hydrogens is 298 g/mol. The molecule has 1 aromatic rings. The van der Waals surface area contributed by atoms with Gasteiger partial charge in [-0.2, -0.15) is 8.78 Å². The van der Waals surface area contributed by atoms with Crippen molar-refractivity contribution in [1.29, 1.82) is 0 Å². The van der Waals surface area contributed by atoms with Gasteiger partial charge in [-0.05, 0) is 24.2 Å². The van der Waals surface area contributed by atoms with E-state index < -0.39 is 18.4 Å². The van der Waals surface area contributed by atoms with Crippen molar-refractivity contribution >= 4 is 11.6 Å². The second-order valence-corrected chi connectivity index (χ2v) is 4.98. The third-order valence-corrected chi connectivity index (χ3v) is 3.39. The number of nitrogens with one attached hydrogen (secondary N) is 1. The number of benzene rings is 1. The molecule has 1 aliphatic heterocycles. The van der Waals surface area contributed by atoms with Gasteiger partial charge in [0.15, 0.2) is 0 Å². The van der Waals surface area contributed by atoms with Gasteiger partial charge in [0.25, 0.3) is 0 Å². The molecule has 0 bridgehead atoms. The summed E-state index contributed by atoms with van der Waals surface area (Å²) in [6.45, 7) is 2.02. The first-order valence-corrected chi connectivity index (χ1v) is 6.60. The van der Waals surface area contributed by atoms with Gasteiger partial charge in [0, 0.05) is 17.0 Å². The molecule has 20 heavy (non-hydrogen) atoms. The van der Waals surface area contributed by atoms with Crippen LogP contribution in [0.4, 0.5) is 17.6 Å². The Kier molecular flexibility index (Phi) is 4.44. The number of rotatable bonds is 5. The maximum Gasteiger partial charge on any atom is 0.326 e. The summed E-state index contributed by atoms with van der Waals surface area (Å²) < 4.78 is 58.2. The number of alkyl halides is 4. The fourth-order valence-electron chi connectivity index (χ4n) is 2.30. The molecule has 112 valence electrons. The van der Waals surface area contributed by atoms with E-state index in [-0.39, 0.29) is 22.9 Å². The molecule has 0 spiro atoms. The maximum atomic E-state index is 13.8. The molecule has 0 radical (unpaired) electrons. The summed E-state index contributed by atoms with van der Waals surface area (Å²) in [4.78, 5) is 0. The summed E-state index contributed by atoms with van der Waals surface area (Å²) in [7, 11) is 0. The highest BCUT2D eigenvalue weighted by atomic mass is 35.5. The van der Waals surface area contributed by atoms with Crippen LogP contribution in [0.25, 0.3) is 0 Å². The normalized spacial score (nSPS) is 16.1. The first-order chi connectivity index (χ1) is 9.37. The summed E-state index contributed by atoms with van der Waals surface area (Å²) in [6, 6.07) is 1.03. The molecule has 0 amide bonds. The lowest BCUT2D eigenvalue weighted by Crippen LogP contribution is -2.42. The molecule has 0 aliphatic carbocycles. The first kappa shape index (κ1) is 15.4. The van der Waals surface area contributed by atoms with Crippen LogP contribution < -0.4 is 10.1 Å². The van der Waals surface area contributed by atoms with Crippen molar-refractivity contribution in [1.82, 2.24) is 5.32 Å². The zero-order valence-corrected chi connectivity index (χ0v) is 11.5. The van der Waals surface area contributed by atoms with E-state index in [1.165, 1.54) is 6.07 Å². The van der Waals surface area contributed by atoms with Crippen molar-refractivity contribution in [3.05, 3.63) is 28.3 Å². The topological polar surface area (TPSA) is 21.3 Å². The molecule has 1 heterocycles. The smallest absolute Gasteiger partial charge is 0.326 e. The van der Waals surface area contributed by atoms with Crippen LogP contribution in [0.1, 0.15) is 24.1 Å². The third kappa shape index (κ3) is 2.72. The SMILES string of the molecule is CCNC(c1cc(Cl)cc2c1OCC2)C(F)(F)C(F)F. The van der Waals surface area contributed by atoms with Gasteiger partial charge in [-0.15, -0.1) is 0 Å². The van der Waals surface area contributed by atoms with Gasteiger partial charge < -0.3 is 10.1 Å². The monoisotopic (exact) mass is 311 g/mol. The van der Waals surface area contributed by atoms with E-state index in [1.807, 2.05) is 0 Å². The summed E-state index contributed by atoms with van der Waals surface area (Å²) in [5, 5.41) is 2.64. The van der Waals surface area contributed by atoms with E-state index in [0.717, 1.165) is 0 Å². The molecule has 1 unspecified atom stereocenters. The lowest BCUT2D eigenvalue weighted by molar-refractivity contribution is -0.151. The second kappa shape index (κ2) is 5.77. The number of hydrogen-bond acceptors (Lipinski definition) is 2. The van der Waals surface area contributed by atoms with Crippen molar-refractivity contribution in [2.45, 2.75) is 31.7 Å². The average molecular weight is 312 g/mol. The lowest BCUT2D eigenvalue weighted by Gasteiger charge is -2.28. The molecule has 1 N–H and O–H groups in total. The minimum Gasteiger partial charge on any atom is -0.493 e. The number of halogens is 5. The Hall–Kier alpha value is -1.01. The van der Waals surface area contributed by atoms with Crippen LogP contribution in [0.2, 0.25) is 5.02 Å². The fraction of sp³-hybridized carbons (Fsp3) is 0.538. The third-order valence-electron chi connectivity index (χ3n) is 3.17. The van der Waals surface area contributed by atoms with Gasteiger partial charge in [0.2, 0.25) is 0 Å². The predicted molar refractivity (Wildman–Crippen MR) is 68.0 cm³/mol. The van der Waals surface area contributed by atoms with Crippen molar-refractivity contribution in [3.8, 4) is 5.75 Å². The molecule has 1 atom stereocenters. The fourth-order valence-corrected chi connectivity index (χ4v) is 2.55. The van der Waals surface area contributed by atoms with Crippen molar-refractivity contribution < 1.29 is 22.3 Å². The van der Waals surface area contributed by atoms with E-state index in [9.17, 15) is 17.6 Å². The molecule has 2 nitrogen and oxygen atoms in total. The highest BCUT2D eigenvalue weighted by molar-refractivity contribution is 6.30. The Balaban J connectivity index is 2.50. The van der Waals surface area contributed by atoms with Gasteiger partial charge in [-0.25, -0.2) is 8.78 Å². The summed E-state index contributed by atoms with van der Waals surface area (Å²) in [5.41, 5.74) is 0.651. The zero-order chi connectivity index (χ0) is 14.9. The molecule has 1 aliphatic rings. The van der Waals surface area contributed by atoms with Gasteiger partial charge >= 0.3 is 12.3 Å². The van der Waals surface area contributed by atoms with Gasteiger partial charge in [-0.3, -0.25) is 0 Å². The average Bonchev–Trinajstić information content (AvgIpc) is 2.82. The molecular formula is C13H14ClF4NO. The van der Waals surface area contributed by atoms with E-state index >= 15 is 0 Å². The van der Waals surface area contributed by atoms with Crippen molar-refractivity contribution in [2.24, 2.45) is 0 Å². The standard InChI is InChI=1S/C13H14ClF4NO/c1-2-19-11(13(17,18)12(15)16)9-6-8(14)5-7-3-4-20-10(7)9/h5-6,11-12,19H,2-4H2,1H3.